The van der Waals surface area contributed by atoms with Crippen LogP contribution in [0.15, 0.2) is 0 Å². The number of piperidine rings is 1. The Morgan fingerprint density at radius 3 is 3.00 bits per heavy atom. The molecule has 0 aromatic carbocycles. The summed E-state index contributed by atoms with van der Waals surface area (Å²) in [6.45, 7) is 2.88. The van der Waals surface area contributed by atoms with Gasteiger partial charge in [-0.3, -0.25) is 4.79 Å². The number of hydrogen-bond acceptors (Lipinski definition) is 3. The van der Waals surface area contributed by atoms with E-state index in [1.165, 1.54) is 0 Å². The van der Waals surface area contributed by atoms with E-state index in [1.807, 2.05) is 0 Å². The Balaban J connectivity index is 2.16. The van der Waals surface area contributed by atoms with E-state index in [2.05, 4.69) is 5.32 Å². The van der Waals surface area contributed by atoms with Crippen molar-refractivity contribution in [2.75, 3.05) is 26.3 Å². The fourth-order valence-electron chi connectivity index (χ4n) is 2.42. The van der Waals surface area contributed by atoms with E-state index in [4.69, 9.17) is 9.84 Å². The zero-order valence-corrected chi connectivity index (χ0v) is 7.58. The lowest BCUT2D eigenvalue weighted by atomic mass is 9.70. The van der Waals surface area contributed by atoms with E-state index in [0.29, 0.717) is 13.2 Å². The number of carboxylic acid groups (broad SMARTS) is 1. The minimum Gasteiger partial charge on any atom is -0.481 e. The van der Waals surface area contributed by atoms with Gasteiger partial charge in [-0.15, -0.1) is 0 Å². The molecular weight excluding hydrogens is 170 g/mol. The largest absolute Gasteiger partial charge is 0.481 e. The van der Waals surface area contributed by atoms with Crippen molar-refractivity contribution in [2.24, 2.45) is 11.3 Å². The fraction of sp³-hybridized carbons (Fsp3) is 0.889. The Morgan fingerprint density at radius 2 is 2.38 bits per heavy atom. The molecule has 2 heterocycles. The molecule has 0 aromatic rings. The van der Waals surface area contributed by atoms with Crippen molar-refractivity contribution >= 4 is 5.97 Å². The summed E-state index contributed by atoms with van der Waals surface area (Å²) in [6.07, 6.45) is 1.84. The molecule has 2 rings (SSSR count). The van der Waals surface area contributed by atoms with E-state index in [1.54, 1.807) is 0 Å². The summed E-state index contributed by atoms with van der Waals surface area (Å²) in [7, 11) is 0. The lowest BCUT2D eigenvalue weighted by Gasteiger charge is -2.37. The van der Waals surface area contributed by atoms with Crippen LogP contribution in [-0.4, -0.2) is 37.4 Å². The average Bonchev–Trinajstić information content (AvgIpc) is 2.54. The molecule has 0 saturated carbocycles. The average molecular weight is 185 g/mol. The highest BCUT2D eigenvalue weighted by atomic mass is 16.5. The number of carboxylic acids is 1. The number of rotatable bonds is 1. The van der Waals surface area contributed by atoms with Gasteiger partial charge in [-0.2, -0.15) is 0 Å². The maximum Gasteiger partial charge on any atom is 0.308 e. The second kappa shape index (κ2) is 3.27. The molecule has 13 heavy (non-hydrogen) atoms. The van der Waals surface area contributed by atoms with Crippen LogP contribution in [0.2, 0.25) is 0 Å². The van der Waals surface area contributed by atoms with Crippen LogP contribution in [0.5, 0.6) is 0 Å². The molecule has 0 amide bonds. The predicted molar refractivity (Wildman–Crippen MR) is 46.5 cm³/mol. The third kappa shape index (κ3) is 1.44. The SMILES string of the molecule is O=C(O)C1CNCCC12CCOC2. The third-order valence-electron chi connectivity index (χ3n) is 3.32. The number of ether oxygens (including phenoxy) is 1. The zero-order valence-electron chi connectivity index (χ0n) is 7.58. The normalized spacial score (nSPS) is 39.5. The molecule has 74 valence electrons. The van der Waals surface area contributed by atoms with Crippen LogP contribution in [0.1, 0.15) is 12.8 Å². The van der Waals surface area contributed by atoms with Gasteiger partial charge < -0.3 is 15.2 Å². The van der Waals surface area contributed by atoms with Gasteiger partial charge in [0.2, 0.25) is 0 Å². The Bertz CT molecular complexity index is 211. The van der Waals surface area contributed by atoms with Gasteiger partial charge in [0.05, 0.1) is 12.5 Å². The molecule has 2 N–H and O–H groups in total. The van der Waals surface area contributed by atoms with Gasteiger partial charge in [0, 0.05) is 18.6 Å². The minimum atomic E-state index is -0.683. The molecule has 2 aliphatic rings. The van der Waals surface area contributed by atoms with Gasteiger partial charge >= 0.3 is 5.97 Å². The number of nitrogens with one attached hydrogen (secondary N) is 1. The smallest absolute Gasteiger partial charge is 0.308 e. The first kappa shape index (κ1) is 8.97. The highest BCUT2D eigenvalue weighted by molar-refractivity contribution is 5.71. The van der Waals surface area contributed by atoms with E-state index < -0.39 is 5.97 Å². The van der Waals surface area contributed by atoms with Crippen LogP contribution in [0.4, 0.5) is 0 Å². The van der Waals surface area contributed by atoms with E-state index >= 15 is 0 Å². The zero-order chi connectivity index (χ0) is 9.31. The Kier molecular flexibility index (Phi) is 2.26. The van der Waals surface area contributed by atoms with Crippen molar-refractivity contribution in [3.63, 3.8) is 0 Å². The summed E-state index contributed by atoms with van der Waals surface area (Å²) in [5.41, 5.74) is -0.0723. The van der Waals surface area contributed by atoms with Crippen molar-refractivity contribution in [1.82, 2.24) is 5.32 Å². The van der Waals surface area contributed by atoms with Crippen LogP contribution in [0.3, 0.4) is 0 Å². The number of carbonyl (C=O) groups is 1. The first-order valence-corrected chi connectivity index (χ1v) is 4.76. The highest BCUT2D eigenvalue weighted by Crippen LogP contribution is 2.41. The van der Waals surface area contributed by atoms with Gasteiger partial charge in [-0.05, 0) is 19.4 Å². The fourth-order valence-corrected chi connectivity index (χ4v) is 2.42. The van der Waals surface area contributed by atoms with Gasteiger partial charge in [0.15, 0.2) is 0 Å². The molecule has 0 aromatic heterocycles. The molecule has 4 nitrogen and oxygen atoms in total. The number of aliphatic carboxylic acids is 1. The van der Waals surface area contributed by atoms with Gasteiger partial charge in [0.1, 0.15) is 0 Å². The lowest BCUT2D eigenvalue weighted by Crippen LogP contribution is -2.49. The second-order valence-electron chi connectivity index (χ2n) is 4.01. The van der Waals surface area contributed by atoms with Crippen LogP contribution in [0.25, 0.3) is 0 Å². The molecule has 2 fully saturated rings. The van der Waals surface area contributed by atoms with Crippen molar-refractivity contribution in [3.05, 3.63) is 0 Å². The van der Waals surface area contributed by atoms with Crippen LogP contribution in [-0.2, 0) is 9.53 Å². The van der Waals surface area contributed by atoms with E-state index in [0.717, 1.165) is 26.0 Å². The first-order chi connectivity index (χ1) is 6.25. The summed E-state index contributed by atoms with van der Waals surface area (Å²) in [5.74, 6) is -0.943. The van der Waals surface area contributed by atoms with Crippen LogP contribution < -0.4 is 5.32 Å². The van der Waals surface area contributed by atoms with Crippen LogP contribution >= 0.6 is 0 Å². The summed E-state index contributed by atoms with van der Waals surface area (Å²) < 4.78 is 5.33. The summed E-state index contributed by atoms with van der Waals surface area (Å²) in [4.78, 5) is 11.0. The predicted octanol–water partition coefficient (Wildman–Crippen LogP) is 0.0872. The Morgan fingerprint density at radius 1 is 1.54 bits per heavy atom. The van der Waals surface area contributed by atoms with E-state index in [-0.39, 0.29) is 11.3 Å². The van der Waals surface area contributed by atoms with Crippen molar-refractivity contribution in [3.8, 4) is 0 Å². The van der Waals surface area contributed by atoms with Crippen molar-refractivity contribution in [2.45, 2.75) is 12.8 Å². The lowest BCUT2D eigenvalue weighted by molar-refractivity contribution is -0.148. The third-order valence-corrected chi connectivity index (χ3v) is 3.32. The molecule has 0 bridgehead atoms. The van der Waals surface area contributed by atoms with E-state index in [9.17, 15) is 4.79 Å². The van der Waals surface area contributed by atoms with Gasteiger partial charge in [-0.1, -0.05) is 0 Å². The first-order valence-electron chi connectivity index (χ1n) is 4.76. The van der Waals surface area contributed by atoms with Gasteiger partial charge in [-0.25, -0.2) is 0 Å². The standard InChI is InChI=1S/C9H15NO3/c11-8(12)7-5-10-3-1-9(7)2-4-13-6-9/h7,10H,1-6H2,(H,11,12). The Labute approximate surface area is 77.3 Å². The molecule has 2 unspecified atom stereocenters. The molecule has 0 radical (unpaired) electrons. The van der Waals surface area contributed by atoms with Crippen molar-refractivity contribution < 1.29 is 14.6 Å². The maximum absolute atomic E-state index is 11.0. The monoisotopic (exact) mass is 185 g/mol. The summed E-state index contributed by atoms with van der Waals surface area (Å²) >= 11 is 0. The maximum atomic E-state index is 11.0. The molecule has 4 heteroatoms. The molecule has 2 aliphatic heterocycles. The summed E-state index contributed by atoms with van der Waals surface area (Å²) in [5, 5.41) is 12.2. The van der Waals surface area contributed by atoms with Crippen LogP contribution in [0, 0.1) is 11.3 Å². The molecular formula is C9H15NO3. The Hall–Kier alpha value is -0.610. The highest BCUT2D eigenvalue weighted by Gasteiger charge is 2.47. The number of hydrogen-bond donors (Lipinski definition) is 2. The minimum absolute atomic E-state index is 0.0723. The topological polar surface area (TPSA) is 58.6 Å². The summed E-state index contributed by atoms with van der Waals surface area (Å²) in [6, 6.07) is 0. The molecule has 2 atom stereocenters. The van der Waals surface area contributed by atoms with Gasteiger partial charge in [0.25, 0.3) is 0 Å². The molecule has 0 aliphatic carbocycles. The molecule has 1 spiro atoms. The quantitative estimate of drug-likeness (QED) is 0.607. The van der Waals surface area contributed by atoms with Crippen molar-refractivity contribution in [1.29, 1.82) is 0 Å². The second-order valence-corrected chi connectivity index (χ2v) is 4.01. The molecule has 2 saturated heterocycles.